The van der Waals surface area contributed by atoms with Gasteiger partial charge in [0.15, 0.2) is 0 Å². The first-order valence-electron chi connectivity index (χ1n) is 4.63. The third-order valence-corrected chi connectivity index (χ3v) is 2.56. The van der Waals surface area contributed by atoms with Gasteiger partial charge in [-0.25, -0.2) is 0 Å². The first kappa shape index (κ1) is 11.6. The topological polar surface area (TPSA) is 93.0 Å². The lowest BCUT2D eigenvalue weighted by Crippen LogP contribution is -2.45. The molecular weight excluding hydrogens is 186 g/mol. The van der Waals surface area contributed by atoms with E-state index in [2.05, 4.69) is 11.9 Å². The lowest BCUT2D eigenvalue weighted by Gasteiger charge is -2.19. The summed E-state index contributed by atoms with van der Waals surface area (Å²) in [6, 6.07) is -0.992. The van der Waals surface area contributed by atoms with Crippen molar-refractivity contribution in [3.8, 4) is 0 Å². The second-order valence-corrected chi connectivity index (χ2v) is 3.55. The number of rotatable bonds is 4. The van der Waals surface area contributed by atoms with E-state index in [0.29, 0.717) is 6.42 Å². The number of hydrogen-bond donors (Lipinski definition) is 5. The van der Waals surface area contributed by atoms with Gasteiger partial charge in [0.2, 0.25) is 0 Å². The standard InChI is InChI=1S/C9H17NO4/c1-2-3-5-8(13)9(14)7(10-5)6(12)4-11/h2,5-14H,1,3-4H2/t5-,6-,7+,8+,9+/m1/s1. The van der Waals surface area contributed by atoms with Gasteiger partial charge in [-0.2, -0.15) is 0 Å². The van der Waals surface area contributed by atoms with Crippen molar-refractivity contribution < 1.29 is 20.4 Å². The van der Waals surface area contributed by atoms with Crippen molar-refractivity contribution in [1.82, 2.24) is 5.32 Å². The Bertz CT molecular complexity index is 199. The number of nitrogens with one attached hydrogen (secondary N) is 1. The van der Waals surface area contributed by atoms with Gasteiger partial charge < -0.3 is 25.7 Å². The van der Waals surface area contributed by atoms with Crippen molar-refractivity contribution in [3.63, 3.8) is 0 Å². The molecule has 0 spiro atoms. The van der Waals surface area contributed by atoms with E-state index in [1.165, 1.54) is 0 Å². The third kappa shape index (κ3) is 2.13. The Morgan fingerprint density at radius 1 is 1.36 bits per heavy atom. The maximum atomic E-state index is 9.55. The number of hydrogen-bond acceptors (Lipinski definition) is 5. The monoisotopic (exact) mass is 203 g/mol. The van der Waals surface area contributed by atoms with E-state index in [1.807, 2.05) is 0 Å². The highest BCUT2D eigenvalue weighted by atomic mass is 16.3. The minimum absolute atomic E-state index is 0.311. The average molecular weight is 203 g/mol. The quantitative estimate of drug-likeness (QED) is 0.340. The van der Waals surface area contributed by atoms with E-state index < -0.39 is 31.0 Å². The molecule has 1 heterocycles. The molecular formula is C9H17NO4. The van der Waals surface area contributed by atoms with Crippen LogP contribution in [0.1, 0.15) is 6.42 Å². The predicted molar refractivity (Wildman–Crippen MR) is 50.6 cm³/mol. The fourth-order valence-corrected chi connectivity index (χ4v) is 1.73. The van der Waals surface area contributed by atoms with E-state index in [1.54, 1.807) is 6.08 Å². The second kappa shape index (κ2) is 4.86. The molecule has 1 aliphatic rings. The summed E-state index contributed by atoms with van der Waals surface area (Å²) in [5.74, 6) is 0. The van der Waals surface area contributed by atoms with Crippen molar-refractivity contribution in [2.45, 2.75) is 36.8 Å². The molecule has 0 aromatic heterocycles. The first-order chi connectivity index (χ1) is 6.61. The Hall–Kier alpha value is -0.460. The van der Waals surface area contributed by atoms with Gasteiger partial charge >= 0.3 is 0 Å². The zero-order valence-electron chi connectivity index (χ0n) is 7.87. The van der Waals surface area contributed by atoms with Gasteiger partial charge in [0.1, 0.15) is 0 Å². The molecule has 1 saturated heterocycles. The smallest absolute Gasteiger partial charge is 0.0993 e. The van der Waals surface area contributed by atoms with Crippen LogP contribution in [0.2, 0.25) is 0 Å². The van der Waals surface area contributed by atoms with E-state index in [9.17, 15) is 15.3 Å². The van der Waals surface area contributed by atoms with Crippen molar-refractivity contribution >= 4 is 0 Å². The Kier molecular flexibility index (Phi) is 4.03. The molecule has 0 radical (unpaired) electrons. The maximum absolute atomic E-state index is 9.55. The summed E-state index contributed by atoms with van der Waals surface area (Å²) in [7, 11) is 0. The molecule has 5 N–H and O–H groups in total. The molecule has 5 heteroatoms. The molecule has 0 saturated carbocycles. The van der Waals surface area contributed by atoms with Crippen molar-refractivity contribution in [3.05, 3.63) is 12.7 Å². The van der Waals surface area contributed by atoms with Crippen LogP contribution in [0, 0.1) is 0 Å². The van der Waals surface area contributed by atoms with Gasteiger partial charge in [-0.1, -0.05) is 6.08 Å². The molecule has 14 heavy (non-hydrogen) atoms. The van der Waals surface area contributed by atoms with Gasteiger partial charge in [-0.3, -0.25) is 0 Å². The Labute approximate surface area is 82.7 Å². The van der Waals surface area contributed by atoms with E-state index in [-0.39, 0.29) is 6.04 Å². The number of aliphatic hydroxyl groups is 4. The fraction of sp³-hybridized carbons (Fsp3) is 0.778. The minimum Gasteiger partial charge on any atom is -0.394 e. The highest BCUT2D eigenvalue weighted by Crippen LogP contribution is 2.19. The third-order valence-electron chi connectivity index (χ3n) is 2.56. The van der Waals surface area contributed by atoms with Gasteiger partial charge in [0, 0.05) is 6.04 Å². The molecule has 1 aliphatic heterocycles. The summed E-state index contributed by atoms with van der Waals surface area (Å²) in [5.41, 5.74) is 0. The van der Waals surface area contributed by atoms with Crippen molar-refractivity contribution in [2.24, 2.45) is 0 Å². The molecule has 0 aromatic rings. The minimum atomic E-state index is -1.06. The summed E-state index contributed by atoms with van der Waals surface area (Å²) in [6.07, 6.45) is -0.912. The molecule has 5 atom stereocenters. The molecule has 82 valence electrons. The molecule has 0 amide bonds. The van der Waals surface area contributed by atoms with Crippen LogP contribution in [0.5, 0.6) is 0 Å². The highest BCUT2D eigenvalue weighted by Gasteiger charge is 2.43. The second-order valence-electron chi connectivity index (χ2n) is 3.55. The van der Waals surface area contributed by atoms with Crippen LogP contribution >= 0.6 is 0 Å². The van der Waals surface area contributed by atoms with Gasteiger partial charge in [0.25, 0.3) is 0 Å². The molecule has 1 rings (SSSR count). The van der Waals surface area contributed by atoms with Crippen LogP contribution in [0.15, 0.2) is 12.7 Å². The van der Waals surface area contributed by atoms with E-state index in [4.69, 9.17) is 5.11 Å². The van der Waals surface area contributed by atoms with Crippen molar-refractivity contribution in [2.75, 3.05) is 6.61 Å². The summed E-state index contributed by atoms with van der Waals surface area (Å²) in [5, 5.41) is 40.0. The van der Waals surface area contributed by atoms with Crippen molar-refractivity contribution in [1.29, 1.82) is 0 Å². The van der Waals surface area contributed by atoms with Crippen LogP contribution in [0.3, 0.4) is 0 Å². The summed E-state index contributed by atoms with van der Waals surface area (Å²) < 4.78 is 0. The van der Waals surface area contributed by atoms with Gasteiger partial charge in [0.05, 0.1) is 31.0 Å². The molecule has 1 fully saturated rings. The Morgan fingerprint density at radius 2 is 2.00 bits per heavy atom. The van der Waals surface area contributed by atoms with Crippen LogP contribution in [-0.2, 0) is 0 Å². The molecule has 0 bridgehead atoms. The van der Waals surface area contributed by atoms with Crippen LogP contribution < -0.4 is 5.32 Å². The lowest BCUT2D eigenvalue weighted by molar-refractivity contribution is -0.0128. The van der Waals surface area contributed by atoms with E-state index >= 15 is 0 Å². The van der Waals surface area contributed by atoms with Crippen LogP contribution in [-0.4, -0.2) is 57.4 Å². The summed E-state index contributed by atoms with van der Waals surface area (Å²) in [4.78, 5) is 0. The highest BCUT2D eigenvalue weighted by molar-refractivity contribution is 5.02. The van der Waals surface area contributed by atoms with Crippen LogP contribution in [0.25, 0.3) is 0 Å². The van der Waals surface area contributed by atoms with Crippen LogP contribution in [0.4, 0.5) is 0 Å². The largest absolute Gasteiger partial charge is 0.394 e. The number of aliphatic hydroxyl groups excluding tert-OH is 4. The molecule has 0 unspecified atom stereocenters. The Balaban J connectivity index is 2.61. The molecule has 5 nitrogen and oxygen atoms in total. The zero-order chi connectivity index (χ0) is 10.7. The summed E-state index contributed by atoms with van der Waals surface area (Å²) >= 11 is 0. The summed E-state index contributed by atoms with van der Waals surface area (Å²) in [6.45, 7) is 3.09. The molecule has 0 aromatic carbocycles. The average Bonchev–Trinajstić information content (AvgIpc) is 2.46. The van der Waals surface area contributed by atoms with Gasteiger partial charge in [-0.05, 0) is 6.42 Å². The fourth-order valence-electron chi connectivity index (χ4n) is 1.73. The normalized spacial score (nSPS) is 39.7. The SMILES string of the molecule is C=CC[C@H]1N[C@@H]([C@H](O)CO)[C@H](O)[C@H]1O. The Morgan fingerprint density at radius 3 is 2.50 bits per heavy atom. The predicted octanol–water partition coefficient (Wildman–Crippen LogP) is -2.02. The van der Waals surface area contributed by atoms with E-state index in [0.717, 1.165) is 0 Å². The maximum Gasteiger partial charge on any atom is 0.0993 e. The van der Waals surface area contributed by atoms with Gasteiger partial charge in [-0.15, -0.1) is 6.58 Å². The zero-order valence-corrected chi connectivity index (χ0v) is 7.87. The first-order valence-corrected chi connectivity index (χ1v) is 4.63. The molecule has 0 aliphatic carbocycles. The lowest BCUT2D eigenvalue weighted by atomic mass is 10.0.